The van der Waals surface area contributed by atoms with E-state index in [1.165, 1.54) is 11.1 Å². The van der Waals surface area contributed by atoms with E-state index in [4.69, 9.17) is 14.3 Å². The molecule has 0 atom stereocenters. The van der Waals surface area contributed by atoms with Gasteiger partial charge >= 0.3 is 0 Å². The first-order chi connectivity index (χ1) is 9.40. The smallest absolute Gasteiger partial charge is 0.146 e. The van der Waals surface area contributed by atoms with Crippen LogP contribution in [0.2, 0.25) is 0 Å². The lowest BCUT2D eigenvalue weighted by molar-refractivity contribution is 0.223. The van der Waals surface area contributed by atoms with Crippen molar-refractivity contribution in [2.75, 3.05) is 0 Å². The van der Waals surface area contributed by atoms with Crippen LogP contribution >= 0.6 is 0 Å². The summed E-state index contributed by atoms with van der Waals surface area (Å²) in [6.45, 7) is 8.84. The topological polar surface area (TPSA) is 42.6 Å². The number of hydrogen-bond acceptors (Lipinski definition) is 3. The quantitative estimate of drug-likeness (QED) is 0.917. The molecule has 1 aromatic carbocycles. The zero-order valence-corrected chi connectivity index (χ0v) is 12.6. The summed E-state index contributed by atoms with van der Waals surface area (Å²) >= 11 is 0. The Morgan fingerprint density at radius 3 is 2.40 bits per heavy atom. The van der Waals surface area contributed by atoms with Gasteiger partial charge in [-0.05, 0) is 41.7 Å². The number of furan rings is 1. The Hall–Kier alpha value is -1.74. The molecule has 3 heteroatoms. The van der Waals surface area contributed by atoms with Crippen molar-refractivity contribution in [2.45, 2.75) is 46.3 Å². The van der Waals surface area contributed by atoms with Gasteiger partial charge in [0, 0.05) is 0 Å². The summed E-state index contributed by atoms with van der Waals surface area (Å²) in [5, 5.41) is 8.99. The highest BCUT2D eigenvalue weighted by molar-refractivity contribution is 5.41. The van der Waals surface area contributed by atoms with Crippen molar-refractivity contribution >= 4 is 0 Å². The van der Waals surface area contributed by atoms with Crippen LogP contribution in [0.5, 0.6) is 5.75 Å². The maximum Gasteiger partial charge on any atom is 0.146 e. The number of aliphatic hydroxyl groups excluding tert-OH is 1. The molecule has 0 amide bonds. The van der Waals surface area contributed by atoms with Crippen molar-refractivity contribution in [2.24, 2.45) is 0 Å². The zero-order valence-electron chi connectivity index (χ0n) is 12.6. The van der Waals surface area contributed by atoms with Gasteiger partial charge in [-0.1, -0.05) is 32.9 Å². The molecule has 0 aliphatic rings. The first-order valence-corrected chi connectivity index (χ1v) is 6.82. The third kappa shape index (κ3) is 3.42. The second-order valence-electron chi connectivity index (χ2n) is 6.06. The van der Waals surface area contributed by atoms with E-state index >= 15 is 0 Å². The SMILES string of the molecule is Cc1ccc(C(C)(C)C)c(OCc2ccc(CO)o2)c1. The lowest BCUT2D eigenvalue weighted by Crippen LogP contribution is -2.13. The Morgan fingerprint density at radius 2 is 1.80 bits per heavy atom. The first kappa shape index (κ1) is 14.7. The van der Waals surface area contributed by atoms with E-state index in [-0.39, 0.29) is 12.0 Å². The molecular weight excluding hydrogens is 252 g/mol. The van der Waals surface area contributed by atoms with Crippen LogP contribution in [0.1, 0.15) is 43.4 Å². The van der Waals surface area contributed by atoms with E-state index < -0.39 is 0 Å². The van der Waals surface area contributed by atoms with Crippen LogP contribution in [-0.4, -0.2) is 5.11 Å². The van der Waals surface area contributed by atoms with Crippen LogP contribution in [0, 0.1) is 6.92 Å². The van der Waals surface area contributed by atoms with Gasteiger partial charge in [0.15, 0.2) is 0 Å². The summed E-state index contributed by atoms with van der Waals surface area (Å²) in [4.78, 5) is 0. The van der Waals surface area contributed by atoms with Gasteiger partial charge in [-0.25, -0.2) is 0 Å². The summed E-state index contributed by atoms with van der Waals surface area (Å²) in [7, 11) is 0. The molecule has 2 aromatic rings. The fourth-order valence-electron chi connectivity index (χ4n) is 2.10. The zero-order chi connectivity index (χ0) is 14.8. The molecule has 0 aliphatic carbocycles. The molecule has 0 fully saturated rings. The van der Waals surface area contributed by atoms with E-state index in [1.54, 1.807) is 6.07 Å². The molecular formula is C17H22O3. The van der Waals surface area contributed by atoms with Gasteiger partial charge in [-0.2, -0.15) is 0 Å². The summed E-state index contributed by atoms with van der Waals surface area (Å²) < 4.78 is 11.3. The van der Waals surface area contributed by atoms with E-state index in [1.807, 2.05) is 6.07 Å². The summed E-state index contributed by atoms with van der Waals surface area (Å²) in [5.41, 5.74) is 2.38. The minimum atomic E-state index is -0.0856. The second kappa shape index (κ2) is 5.71. The Bertz CT molecular complexity index is 576. The van der Waals surface area contributed by atoms with Crippen LogP contribution in [0.25, 0.3) is 0 Å². The van der Waals surface area contributed by atoms with E-state index in [2.05, 4.69) is 45.9 Å². The third-order valence-electron chi connectivity index (χ3n) is 3.19. The highest BCUT2D eigenvalue weighted by Gasteiger charge is 2.19. The van der Waals surface area contributed by atoms with Crippen molar-refractivity contribution in [1.82, 2.24) is 0 Å². The predicted molar refractivity (Wildman–Crippen MR) is 78.8 cm³/mol. The lowest BCUT2D eigenvalue weighted by Gasteiger charge is -2.23. The molecule has 0 saturated heterocycles. The fraction of sp³-hybridized carbons (Fsp3) is 0.412. The summed E-state index contributed by atoms with van der Waals surface area (Å²) in [6, 6.07) is 9.87. The Kier molecular flexibility index (Phi) is 4.19. The Labute approximate surface area is 120 Å². The molecule has 2 rings (SSSR count). The van der Waals surface area contributed by atoms with Crippen molar-refractivity contribution in [1.29, 1.82) is 0 Å². The number of aliphatic hydroxyl groups is 1. The van der Waals surface area contributed by atoms with Crippen molar-refractivity contribution in [3.05, 3.63) is 53.0 Å². The second-order valence-corrected chi connectivity index (χ2v) is 6.06. The lowest BCUT2D eigenvalue weighted by atomic mass is 9.86. The van der Waals surface area contributed by atoms with Crippen LogP contribution in [0.4, 0.5) is 0 Å². The van der Waals surface area contributed by atoms with Crippen LogP contribution in [0.15, 0.2) is 34.7 Å². The van der Waals surface area contributed by atoms with Crippen molar-refractivity contribution in [3.63, 3.8) is 0 Å². The largest absolute Gasteiger partial charge is 0.485 e. The van der Waals surface area contributed by atoms with E-state index in [0.29, 0.717) is 12.4 Å². The summed E-state index contributed by atoms with van der Waals surface area (Å²) in [5.74, 6) is 2.17. The van der Waals surface area contributed by atoms with Crippen molar-refractivity contribution < 1.29 is 14.3 Å². The molecule has 20 heavy (non-hydrogen) atoms. The standard InChI is InChI=1S/C17H22O3/c1-12-5-8-15(17(2,3)4)16(9-12)19-11-14-7-6-13(10-18)20-14/h5-9,18H,10-11H2,1-4H3. The average Bonchev–Trinajstić information content (AvgIpc) is 2.83. The third-order valence-corrected chi connectivity index (χ3v) is 3.19. The Balaban J connectivity index is 2.18. The van der Waals surface area contributed by atoms with Gasteiger partial charge in [-0.15, -0.1) is 0 Å². The molecule has 108 valence electrons. The molecule has 3 nitrogen and oxygen atoms in total. The van der Waals surface area contributed by atoms with Gasteiger partial charge in [0.25, 0.3) is 0 Å². The molecule has 1 N–H and O–H groups in total. The number of rotatable bonds is 4. The average molecular weight is 274 g/mol. The summed E-state index contributed by atoms with van der Waals surface area (Å²) in [6.07, 6.45) is 0. The van der Waals surface area contributed by atoms with Gasteiger partial charge in [0.2, 0.25) is 0 Å². The molecule has 0 unspecified atom stereocenters. The molecule has 0 spiro atoms. The molecule has 0 aliphatic heterocycles. The normalized spacial score (nSPS) is 11.7. The monoisotopic (exact) mass is 274 g/mol. The number of ether oxygens (including phenoxy) is 1. The molecule has 0 bridgehead atoms. The van der Waals surface area contributed by atoms with E-state index in [0.717, 1.165) is 11.5 Å². The number of hydrogen-bond donors (Lipinski definition) is 1. The number of aryl methyl sites for hydroxylation is 1. The molecule has 1 heterocycles. The highest BCUT2D eigenvalue weighted by Crippen LogP contribution is 2.32. The minimum absolute atomic E-state index is 0.0302. The van der Waals surface area contributed by atoms with Crippen LogP contribution < -0.4 is 4.74 Å². The minimum Gasteiger partial charge on any atom is -0.485 e. The van der Waals surface area contributed by atoms with Crippen molar-refractivity contribution in [3.8, 4) is 5.75 Å². The first-order valence-electron chi connectivity index (χ1n) is 6.82. The Morgan fingerprint density at radius 1 is 1.10 bits per heavy atom. The number of benzene rings is 1. The fourth-order valence-corrected chi connectivity index (χ4v) is 2.10. The van der Waals surface area contributed by atoms with Crippen LogP contribution in [0.3, 0.4) is 0 Å². The van der Waals surface area contributed by atoms with Gasteiger partial charge in [-0.3, -0.25) is 0 Å². The maximum atomic E-state index is 8.99. The molecule has 1 aromatic heterocycles. The molecule has 0 saturated carbocycles. The maximum absolute atomic E-state index is 8.99. The molecule has 0 radical (unpaired) electrons. The van der Waals surface area contributed by atoms with Gasteiger partial charge in [0.05, 0.1) is 0 Å². The van der Waals surface area contributed by atoms with Gasteiger partial charge < -0.3 is 14.3 Å². The van der Waals surface area contributed by atoms with Crippen LogP contribution in [-0.2, 0) is 18.6 Å². The van der Waals surface area contributed by atoms with Gasteiger partial charge in [0.1, 0.15) is 30.5 Å². The van der Waals surface area contributed by atoms with E-state index in [9.17, 15) is 0 Å². The highest BCUT2D eigenvalue weighted by atomic mass is 16.5. The predicted octanol–water partition coefficient (Wildman–Crippen LogP) is 3.96.